The van der Waals surface area contributed by atoms with E-state index < -0.39 is 5.97 Å². The smallest absolute Gasteiger partial charge is 0.345 e. The minimum atomic E-state index is -0.871. The lowest BCUT2D eigenvalue weighted by Gasteiger charge is -2.01. The predicted molar refractivity (Wildman–Crippen MR) is 62.1 cm³/mol. The van der Waals surface area contributed by atoms with E-state index >= 15 is 0 Å². The van der Waals surface area contributed by atoms with E-state index in [1.54, 1.807) is 6.07 Å². The van der Waals surface area contributed by atoms with Crippen molar-refractivity contribution >= 4 is 17.3 Å². The van der Waals surface area contributed by atoms with Gasteiger partial charge in [-0.1, -0.05) is 0 Å². The van der Waals surface area contributed by atoms with Gasteiger partial charge in [-0.15, -0.1) is 11.3 Å². The number of thiophene rings is 1. The summed E-state index contributed by atoms with van der Waals surface area (Å²) in [5.41, 5.74) is 3.04. The molecule has 2 heterocycles. The summed E-state index contributed by atoms with van der Waals surface area (Å²) in [7, 11) is 0. The maximum Gasteiger partial charge on any atom is 0.345 e. The monoisotopic (exact) mass is 236 g/mol. The summed E-state index contributed by atoms with van der Waals surface area (Å²) in [6.07, 6.45) is 0. The van der Waals surface area contributed by atoms with Crippen LogP contribution >= 0.6 is 11.3 Å². The van der Waals surface area contributed by atoms with Crippen LogP contribution in [0.5, 0.6) is 0 Å². The Hall–Kier alpha value is -1.62. The Bertz CT molecular complexity index is 528. The molecule has 0 aliphatic carbocycles. The van der Waals surface area contributed by atoms with Gasteiger partial charge in [0.1, 0.15) is 4.88 Å². The zero-order chi connectivity index (χ0) is 11.7. The lowest BCUT2D eigenvalue weighted by molar-refractivity contribution is 0.0702. The van der Waals surface area contributed by atoms with Gasteiger partial charge in [0.15, 0.2) is 0 Å². The van der Waals surface area contributed by atoms with E-state index in [1.165, 1.54) is 11.3 Å². The Labute approximate surface area is 97.2 Å². The number of aromatic carboxylic acids is 1. The fourth-order valence-corrected chi connectivity index (χ4v) is 2.32. The SMILES string of the molecule is Cc1cc(C)n(Cc2csc(C(=O)O)c2)n1. The van der Waals surface area contributed by atoms with E-state index in [0.717, 1.165) is 17.0 Å². The molecule has 5 heteroatoms. The second-order valence-corrected chi connectivity index (χ2v) is 4.62. The topological polar surface area (TPSA) is 55.1 Å². The van der Waals surface area contributed by atoms with Crippen molar-refractivity contribution in [1.29, 1.82) is 0 Å². The number of hydrogen-bond acceptors (Lipinski definition) is 3. The van der Waals surface area contributed by atoms with Gasteiger partial charge in [0.2, 0.25) is 0 Å². The van der Waals surface area contributed by atoms with Crippen LogP contribution in [-0.4, -0.2) is 20.9 Å². The minimum absolute atomic E-state index is 0.372. The van der Waals surface area contributed by atoms with Crippen molar-refractivity contribution in [3.8, 4) is 0 Å². The molecular formula is C11H12N2O2S. The second kappa shape index (κ2) is 4.09. The molecule has 0 saturated heterocycles. The standard InChI is InChI=1S/C11H12N2O2S/c1-7-3-8(2)13(12-7)5-9-4-10(11(14)15)16-6-9/h3-4,6H,5H2,1-2H3,(H,14,15). The van der Waals surface area contributed by atoms with Crippen LogP contribution in [0.3, 0.4) is 0 Å². The molecule has 84 valence electrons. The highest BCUT2D eigenvalue weighted by atomic mass is 32.1. The molecule has 0 aromatic carbocycles. The number of rotatable bonds is 3. The number of hydrogen-bond donors (Lipinski definition) is 1. The van der Waals surface area contributed by atoms with Crippen LogP contribution in [0.1, 0.15) is 26.6 Å². The molecule has 0 spiro atoms. The van der Waals surface area contributed by atoms with Crippen LogP contribution in [0.15, 0.2) is 17.5 Å². The molecule has 2 aromatic rings. The van der Waals surface area contributed by atoms with Gasteiger partial charge in [0.25, 0.3) is 0 Å². The molecular weight excluding hydrogens is 224 g/mol. The first kappa shape index (κ1) is 10.9. The highest BCUT2D eigenvalue weighted by molar-refractivity contribution is 7.12. The molecule has 4 nitrogen and oxygen atoms in total. The zero-order valence-corrected chi connectivity index (χ0v) is 9.91. The summed E-state index contributed by atoms with van der Waals surface area (Å²) in [4.78, 5) is 11.1. The Morgan fingerprint density at radius 3 is 2.75 bits per heavy atom. The summed E-state index contributed by atoms with van der Waals surface area (Å²) < 4.78 is 1.88. The third-order valence-corrected chi connectivity index (χ3v) is 3.27. The van der Waals surface area contributed by atoms with Crippen molar-refractivity contribution in [3.05, 3.63) is 39.3 Å². The first-order valence-electron chi connectivity index (χ1n) is 4.88. The Morgan fingerprint density at radius 2 is 2.25 bits per heavy atom. The highest BCUT2D eigenvalue weighted by Crippen LogP contribution is 2.16. The normalized spacial score (nSPS) is 10.6. The van der Waals surface area contributed by atoms with E-state index in [0.29, 0.717) is 11.4 Å². The average Bonchev–Trinajstić information content (AvgIpc) is 2.75. The summed E-state index contributed by atoms with van der Waals surface area (Å²) in [5, 5.41) is 15.0. The fraction of sp³-hybridized carbons (Fsp3) is 0.273. The van der Waals surface area contributed by atoms with E-state index in [9.17, 15) is 4.79 Å². The molecule has 0 amide bonds. The number of carbonyl (C=O) groups is 1. The van der Waals surface area contributed by atoms with Crippen LogP contribution in [0.25, 0.3) is 0 Å². The fourth-order valence-electron chi connectivity index (χ4n) is 1.58. The third-order valence-electron chi connectivity index (χ3n) is 2.30. The third kappa shape index (κ3) is 2.14. The summed E-state index contributed by atoms with van der Waals surface area (Å²) >= 11 is 1.25. The lowest BCUT2D eigenvalue weighted by atomic mass is 10.3. The van der Waals surface area contributed by atoms with Crippen molar-refractivity contribution in [1.82, 2.24) is 9.78 Å². The van der Waals surface area contributed by atoms with Crippen molar-refractivity contribution in [2.24, 2.45) is 0 Å². The molecule has 0 atom stereocenters. The Kier molecular flexibility index (Phi) is 2.78. The Morgan fingerprint density at radius 1 is 1.50 bits per heavy atom. The number of carboxylic acid groups (broad SMARTS) is 1. The maximum atomic E-state index is 10.7. The van der Waals surface area contributed by atoms with Gasteiger partial charge in [0, 0.05) is 5.69 Å². The first-order valence-corrected chi connectivity index (χ1v) is 5.76. The molecule has 0 aliphatic rings. The number of carboxylic acids is 1. The Balaban J connectivity index is 2.20. The molecule has 0 fully saturated rings. The van der Waals surface area contributed by atoms with Gasteiger partial charge in [-0.05, 0) is 36.9 Å². The maximum absolute atomic E-state index is 10.7. The predicted octanol–water partition coefficient (Wildman–Crippen LogP) is 2.31. The van der Waals surface area contributed by atoms with E-state index in [4.69, 9.17) is 5.11 Å². The summed E-state index contributed by atoms with van der Waals surface area (Å²) in [6.45, 7) is 4.56. The van der Waals surface area contributed by atoms with Gasteiger partial charge >= 0.3 is 5.97 Å². The minimum Gasteiger partial charge on any atom is -0.477 e. The van der Waals surface area contributed by atoms with E-state index in [-0.39, 0.29) is 0 Å². The van der Waals surface area contributed by atoms with E-state index in [1.807, 2.05) is 30.0 Å². The average molecular weight is 236 g/mol. The van der Waals surface area contributed by atoms with Gasteiger partial charge in [0.05, 0.1) is 12.2 Å². The van der Waals surface area contributed by atoms with Crippen molar-refractivity contribution in [2.75, 3.05) is 0 Å². The molecule has 1 N–H and O–H groups in total. The number of aryl methyl sites for hydroxylation is 2. The molecule has 0 radical (unpaired) electrons. The van der Waals surface area contributed by atoms with Gasteiger partial charge in [-0.2, -0.15) is 5.10 Å². The quantitative estimate of drug-likeness (QED) is 0.889. The van der Waals surface area contributed by atoms with Crippen molar-refractivity contribution in [3.63, 3.8) is 0 Å². The molecule has 0 saturated carbocycles. The molecule has 0 unspecified atom stereocenters. The van der Waals surface area contributed by atoms with Gasteiger partial charge < -0.3 is 5.11 Å². The first-order chi connectivity index (χ1) is 7.56. The van der Waals surface area contributed by atoms with Crippen LogP contribution in [0.4, 0.5) is 0 Å². The van der Waals surface area contributed by atoms with Crippen LogP contribution in [-0.2, 0) is 6.54 Å². The van der Waals surface area contributed by atoms with E-state index in [2.05, 4.69) is 5.10 Å². The van der Waals surface area contributed by atoms with Gasteiger partial charge in [-0.3, -0.25) is 4.68 Å². The molecule has 2 aromatic heterocycles. The van der Waals surface area contributed by atoms with Crippen LogP contribution < -0.4 is 0 Å². The molecule has 0 bridgehead atoms. The van der Waals surface area contributed by atoms with Gasteiger partial charge in [-0.25, -0.2) is 4.79 Å². The molecule has 16 heavy (non-hydrogen) atoms. The summed E-state index contributed by atoms with van der Waals surface area (Å²) in [5.74, 6) is -0.871. The summed E-state index contributed by atoms with van der Waals surface area (Å²) in [6, 6.07) is 3.70. The van der Waals surface area contributed by atoms with Crippen molar-refractivity contribution in [2.45, 2.75) is 20.4 Å². The zero-order valence-electron chi connectivity index (χ0n) is 9.10. The van der Waals surface area contributed by atoms with Crippen molar-refractivity contribution < 1.29 is 9.90 Å². The lowest BCUT2D eigenvalue weighted by Crippen LogP contribution is -2.03. The molecule has 2 rings (SSSR count). The largest absolute Gasteiger partial charge is 0.477 e. The highest BCUT2D eigenvalue weighted by Gasteiger charge is 2.08. The van der Waals surface area contributed by atoms with Crippen LogP contribution in [0, 0.1) is 13.8 Å². The van der Waals surface area contributed by atoms with Crippen LogP contribution in [0.2, 0.25) is 0 Å². The second-order valence-electron chi connectivity index (χ2n) is 3.71. The number of nitrogens with zero attached hydrogens (tertiary/aromatic N) is 2. The molecule has 0 aliphatic heterocycles. The number of aromatic nitrogens is 2.